The number of hydrogen-bond donors (Lipinski definition) is 0. The van der Waals surface area contributed by atoms with Crippen LogP contribution in [0.4, 0.5) is 171 Å². The van der Waals surface area contributed by atoms with Gasteiger partial charge in [0, 0.05) is 28.1 Å². The standard InChI is InChI=1S/C24H12F39Si/c25-7(26,10(31,32)13(37,38)16(43,44)19(49,50)22(55,56)57)1-4-64(5-2-8(27,28)11(33,34)14(39,40)17(45,46)20(51,52)23(58,59)60)6-3-9(29,30)12(35,36)15(41,42)18(47,48)21(53,54)24(61,62)63/h1-6H2. The van der Waals surface area contributed by atoms with Crippen LogP contribution in [0.1, 0.15) is 19.3 Å². The quantitative estimate of drug-likeness (QED) is 0.0794. The molecule has 0 amide bonds. The summed E-state index contributed by atoms with van der Waals surface area (Å²) in [7, 11) is -5.44. The van der Waals surface area contributed by atoms with Crippen molar-refractivity contribution in [1.82, 2.24) is 0 Å². The SMILES string of the molecule is FC(F)(F)C(F)(F)C(F)(F)C(F)(F)C(F)(F)C(F)(F)CC[Si](CCC(F)(F)C(F)(F)C(F)(F)C(F)(F)C(F)(F)C(F)(F)F)CCC(F)(F)C(F)(F)C(F)(F)C(F)(F)C(F)(F)C(F)(F)F. The first-order valence-corrected chi connectivity index (χ1v) is 16.9. The number of halogens is 39. The molecule has 0 bridgehead atoms. The summed E-state index contributed by atoms with van der Waals surface area (Å²) < 4.78 is 522. The minimum absolute atomic E-state index is 3.19. The maximum Gasteiger partial charge on any atom is 0.460 e. The van der Waals surface area contributed by atoms with Gasteiger partial charge in [-0.15, -0.1) is 0 Å². The minimum atomic E-state index is -8.82. The summed E-state index contributed by atoms with van der Waals surface area (Å²) in [4.78, 5) is 0. The lowest BCUT2D eigenvalue weighted by Gasteiger charge is -2.41. The Morgan fingerprint density at radius 2 is 0.297 bits per heavy atom. The van der Waals surface area contributed by atoms with Crippen LogP contribution in [0.15, 0.2) is 0 Å². The van der Waals surface area contributed by atoms with E-state index in [2.05, 4.69) is 0 Å². The van der Waals surface area contributed by atoms with Crippen LogP contribution in [-0.4, -0.2) is 116 Å². The molecule has 1 radical (unpaired) electrons. The molecule has 0 aliphatic rings. The highest BCUT2D eigenvalue weighted by Crippen LogP contribution is 2.64. The third-order valence-corrected chi connectivity index (χ3v) is 11.2. The molecule has 0 saturated carbocycles. The van der Waals surface area contributed by atoms with E-state index >= 15 is 0 Å². The van der Waals surface area contributed by atoms with E-state index in [0.717, 1.165) is 0 Å². The number of rotatable bonds is 21. The van der Waals surface area contributed by atoms with Gasteiger partial charge in [0.15, 0.2) is 0 Å². The summed E-state index contributed by atoms with van der Waals surface area (Å²) in [5.74, 6) is -127. The fraction of sp³-hybridized carbons (Fsp3) is 1.00. The summed E-state index contributed by atoms with van der Waals surface area (Å²) in [5.41, 5.74) is 0. The Kier molecular flexibility index (Phi) is 15.7. The minimum Gasteiger partial charge on any atom is -0.200 e. The molecule has 0 fully saturated rings. The lowest BCUT2D eigenvalue weighted by atomic mass is 9.93. The maximum atomic E-state index is 14.3. The van der Waals surface area contributed by atoms with E-state index in [0.29, 0.717) is 0 Å². The molecule has 0 nitrogen and oxygen atoms in total. The van der Waals surface area contributed by atoms with Gasteiger partial charge < -0.3 is 0 Å². The van der Waals surface area contributed by atoms with Crippen molar-refractivity contribution in [2.45, 2.75) is 145 Å². The van der Waals surface area contributed by atoms with Crippen molar-refractivity contribution in [3.8, 4) is 0 Å². The van der Waals surface area contributed by atoms with E-state index in [9.17, 15) is 171 Å². The second kappa shape index (κ2) is 16.3. The van der Waals surface area contributed by atoms with Crippen LogP contribution in [0, 0.1) is 0 Å². The largest absolute Gasteiger partial charge is 0.460 e. The summed E-state index contributed by atoms with van der Waals surface area (Å²) in [6.45, 7) is 0. The van der Waals surface area contributed by atoms with Crippen molar-refractivity contribution in [3.63, 3.8) is 0 Å². The van der Waals surface area contributed by atoms with Gasteiger partial charge in [-0.2, -0.15) is 171 Å². The average molecular weight is 1070 g/mol. The van der Waals surface area contributed by atoms with Gasteiger partial charge in [0.05, 0.1) is 0 Å². The molecule has 385 valence electrons. The molecule has 0 aromatic rings. The Labute approximate surface area is 326 Å². The monoisotopic (exact) mass is 1070 g/mol. The van der Waals surface area contributed by atoms with E-state index in [1.807, 2.05) is 0 Å². The lowest BCUT2D eigenvalue weighted by Crippen LogP contribution is -2.70. The van der Waals surface area contributed by atoms with Crippen LogP contribution in [0.3, 0.4) is 0 Å². The van der Waals surface area contributed by atoms with Crippen molar-refractivity contribution >= 4 is 8.80 Å². The number of hydrogen-bond acceptors (Lipinski definition) is 0. The molecule has 0 saturated heterocycles. The predicted octanol–water partition coefficient (Wildman–Crippen LogP) is 14.9. The van der Waals surface area contributed by atoms with Crippen LogP contribution < -0.4 is 0 Å². The van der Waals surface area contributed by atoms with Crippen LogP contribution in [0.25, 0.3) is 0 Å². The fourth-order valence-electron chi connectivity index (χ4n) is 4.25. The Bertz CT molecular complexity index is 1400. The Morgan fingerprint density at radius 3 is 0.422 bits per heavy atom. The highest BCUT2D eigenvalue weighted by Gasteiger charge is 2.93. The normalized spacial score (nSPS) is 16.9. The molecule has 64 heavy (non-hydrogen) atoms. The Hall–Kier alpha value is -2.51. The first kappa shape index (κ1) is 61.5. The van der Waals surface area contributed by atoms with Gasteiger partial charge in [0.25, 0.3) is 0 Å². The second-order valence-corrected chi connectivity index (χ2v) is 15.7. The molecule has 0 aliphatic heterocycles. The average Bonchev–Trinajstić information content (AvgIpc) is 3.05. The molecule has 0 atom stereocenters. The van der Waals surface area contributed by atoms with Crippen LogP contribution in [-0.2, 0) is 0 Å². The zero-order valence-corrected chi connectivity index (χ0v) is 29.5. The van der Waals surface area contributed by atoms with Gasteiger partial charge in [-0.05, 0) is 0 Å². The molecule has 0 unspecified atom stereocenters. The molecule has 0 aromatic heterocycles. The lowest BCUT2D eigenvalue weighted by molar-refractivity contribution is -0.440. The third-order valence-electron chi connectivity index (χ3n) is 8.37. The van der Waals surface area contributed by atoms with Gasteiger partial charge in [0.2, 0.25) is 0 Å². The first-order chi connectivity index (χ1) is 27.0. The molecule has 0 aliphatic carbocycles. The highest BCUT2D eigenvalue weighted by atomic mass is 28.3. The van der Waals surface area contributed by atoms with Crippen molar-refractivity contribution < 1.29 is 171 Å². The molecular weight excluding hydrogens is 1060 g/mol. The number of alkyl halides is 39. The predicted molar refractivity (Wildman–Crippen MR) is 126 cm³/mol. The molecule has 0 spiro atoms. The van der Waals surface area contributed by atoms with Crippen LogP contribution in [0.5, 0.6) is 0 Å². The Balaban J connectivity index is 7.50. The summed E-state index contributed by atoms with van der Waals surface area (Å²) >= 11 is 0. The zero-order valence-electron chi connectivity index (χ0n) is 28.5. The second-order valence-electron chi connectivity index (χ2n) is 12.7. The van der Waals surface area contributed by atoms with E-state index in [1.54, 1.807) is 0 Å². The fourth-order valence-corrected chi connectivity index (χ4v) is 7.01. The van der Waals surface area contributed by atoms with Crippen molar-refractivity contribution in [3.05, 3.63) is 0 Å². The van der Waals surface area contributed by atoms with Crippen LogP contribution in [0.2, 0.25) is 18.1 Å². The van der Waals surface area contributed by atoms with E-state index in [1.165, 1.54) is 0 Å². The molecule has 40 heteroatoms. The van der Waals surface area contributed by atoms with E-state index < -0.39 is 154 Å². The smallest absolute Gasteiger partial charge is 0.200 e. The first-order valence-electron chi connectivity index (χ1n) is 14.7. The topological polar surface area (TPSA) is 0 Å². The molecular formula is C24H12F39Si. The molecule has 0 N–H and O–H groups in total. The third kappa shape index (κ3) is 8.99. The zero-order chi connectivity index (χ0) is 52.8. The van der Waals surface area contributed by atoms with E-state index in [-0.39, 0.29) is 0 Å². The van der Waals surface area contributed by atoms with Crippen molar-refractivity contribution in [1.29, 1.82) is 0 Å². The summed E-state index contributed by atoms with van der Waals surface area (Å²) in [5, 5.41) is 0. The van der Waals surface area contributed by atoms with Crippen LogP contribution >= 0.6 is 0 Å². The Morgan fingerprint density at radius 1 is 0.172 bits per heavy atom. The summed E-state index contributed by atoms with van der Waals surface area (Å²) in [6, 6.07) is -9.57. The van der Waals surface area contributed by atoms with Gasteiger partial charge >= 0.3 is 107 Å². The molecule has 0 heterocycles. The van der Waals surface area contributed by atoms with Crippen molar-refractivity contribution in [2.24, 2.45) is 0 Å². The van der Waals surface area contributed by atoms with Gasteiger partial charge in [-0.3, -0.25) is 0 Å². The van der Waals surface area contributed by atoms with E-state index in [4.69, 9.17) is 0 Å². The van der Waals surface area contributed by atoms with Gasteiger partial charge in [-0.25, -0.2) is 0 Å². The van der Waals surface area contributed by atoms with Crippen molar-refractivity contribution in [2.75, 3.05) is 0 Å². The van der Waals surface area contributed by atoms with Gasteiger partial charge in [-0.1, -0.05) is 18.1 Å². The highest BCUT2D eigenvalue weighted by molar-refractivity contribution is 6.58. The maximum absolute atomic E-state index is 14.3. The van der Waals surface area contributed by atoms with Gasteiger partial charge in [0.1, 0.15) is 0 Å². The summed E-state index contributed by atoms with van der Waals surface area (Å²) in [6.07, 6.45) is -36.2. The molecule has 0 rings (SSSR count). The molecule has 0 aromatic carbocycles.